The standard InChI is InChI=1S/C4H6Br2O2.C2H6O2/c1-4(6,2-5)3(7)8;3-1-2-4/h2H2,1H3,(H,7,8);3-4H,1-2H2. The second-order valence-electron chi connectivity index (χ2n) is 2.08. The molecule has 0 aliphatic rings. The Morgan fingerprint density at radius 1 is 1.42 bits per heavy atom. The van der Waals surface area contributed by atoms with Gasteiger partial charge in [-0.25, -0.2) is 0 Å². The highest BCUT2D eigenvalue weighted by atomic mass is 79.9. The molecule has 1 unspecified atom stereocenters. The third-order valence-electron chi connectivity index (χ3n) is 0.797. The van der Waals surface area contributed by atoms with E-state index in [9.17, 15) is 4.79 Å². The van der Waals surface area contributed by atoms with E-state index in [-0.39, 0.29) is 13.2 Å². The summed E-state index contributed by atoms with van der Waals surface area (Å²) >= 11 is 6.04. The molecule has 0 saturated carbocycles. The maximum absolute atomic E-state index is 10.2. The monoisotopic (exact) mass is 306 g/mol. The summed E-state index contributed by atoms with van der Waals surface area (Å²) in [6.45, 7) is 1.34. The average Bonchev–Trinajstić information content (AvgIpc) is 2.05. The molecular formula is C6H12Br2O4. The van der Waals surface area contributed by atoms with Gasteiger partial charge < -0.3 is 15.3 Å². The molecular weight excluding hydrogens is 296 g/mol. The quantitative estimate of drug-likeness (QED) is 0.667. The van der Waals surface area contributed by atoms with E-state index < -0.39 is 10.3 Å². The van der Waals surface area contributed by atoms with Crippen LogP contribution >= 0.6 is 31.9 Å². The maximum Gasteiger partial charge on any atom is 0.321 e. The maximum atomic E-state index is 10.2. The lowest BCUT2D eigenvalue weighted by molar-refractivity contribution is -0.138. The molecule has 0 heterocycles. The van der Waals surface area contributed by atoms with Crippen molar-refractivity contribution < 1.29 is 20.1 Å². The van der Waals surface area contributed by atoms with Gasteiger partial charge in [0.05, 0.1) is 13.2 Å². The Hall–Kier alpha value is 0.350. The fourth-order valence-electron chi connectivity index (χ4n) is 0.0572. The van der Waals surface area contributed by atoms with Gasteiger partial charge in [0.2, 0.25) is 0 Å². The van der Waals surface area contributed by atoms with Crippen molar-refractivity contribution in [1.29, 1.82) is 0 Å². The lowest BCUT2D eigenvalue weighted by atomic mass is 10.2. The Kier molecular flexibility index (Phi) is 9.87. The van der Waals surface area contributed by atoms with Crippen molar-refractivity contribution in [2.24, 2.45) is 0 Å². The Morgan fingerprint density at radius 2 is 1.75 bits per heavy atom. The van der Waals surface area contributed by atoms with Gasteiger partial charge >= 0.3 is 5.97 Å². The molecule has 12 heavy (non-hydrogen) atoms. The molecule has 0 aromatic heterocycles. The normalized spacial score (nSPS) is 14.1. The highest BCUT2D eigenvalue weighted by molar-refractivity contribution is 9.12. The van der Waals surface area contributed by atoms with Crippen molar-refractivity contribution >= 4 is 37.8 Å². The Morgan fingerprint density at radius 3 is 1.75 bits per heavy atom. The van der Waals surface area contributed by atoms with Crippen LogP contribution in [0.15, 0.2) is 0 Å². The summed E-state index contributed by atoms with van der Waals surface area (Å²) in [5.41, 5.74) is 0. The number of hydrogen-bond acceptors (Lipinski definition) is 3. The van der Waals surface area contributed by atoms with Gasteiger partial charge in [0, 0.05) is 5.33 Å². The van der Waals surface area contributed by atoms with Crippen molar-refractivity contribution in [1.82, 2.24) is 0 Å². The van der Waals surface area contributed by atoms with Gasteiger partial charge in [-0.1, -0.05) is 31.9 Å². The SMILES string of the molecule is CC(Br)(CBr)C(=O)O.OCCO. The van der Waals surface area contributed by atoms with E-state index >= 15 is 0 Å². The van der Waals surface area contributed by atoms with Gasteiger partial charge in [-0.2, -0.15) is 0 Å². The average molecular weight is 308 g/mol. The first kappa shape index (κ1) is 14.9. The molecule has 0 bridgehead atoms. The van der Waals surface area contributed by atoms with Crippen LogP contribution in [0.3, 0.4) is 0 Å². The van der Waals surface area contributed by atoms with Crippen LogP contribution in [-0.4, -0.2) is 44.2 Å². The fraction of sp³-hybridized carbons (Fsp3) is 0.833. The first-order valence-electron chi connectivity index (χ1n) is 3.12. The Balaban J connectivity index is 0. The molecule has 0 spiro atoms. The van der Waals surface area contributed by atoms with Crippen LogP contribution in [0.2, 0.25) is 0 Å². The molecule has 0 fully saturated rings. The van der Waals surface area contributed by atoms with Gasteiger partial charge in [-0.3, -0.25) is 4.79 Å². The van der Waals surface area contributed by atoms with Crippen molar-refractivity contribution in [3.63, 3.8) is 0 Å². The summed E-state index contributed by atoms with van der Waals surface area (Å²) in [4.78, 5) is 10.2. The molecule has 0 aliphatic heterocycles. The van der Waals surface area contributed by atoms with Crippen molar-refractivity contribution in [3.05, 3.63) is 0 Å². The predicted molar refractivity (Wildman–Crippen MR) is 52.9 cm³/mol. The van der Waals surface area contributed by atoms with Gasteiger partial charge in [0.25, 0.3) is 0 Å². The number of halogens is 2. The van der Waals surface area contributed by atoms with Crippen LogP contribution in [0.5, 0.6) is 0 Å². The molecule has 0 aromatic rings. The second-order valence-corrected chi connectivity index (χ2v) is 4.39. The predicted octanol–water partition coefficient (Wildman–Crippen LogP) is 0.590. The zero-order chi connectivity index (χ0) is 10.2. The summed E-state index contributed by atoms with van der Waals surface area (Å²) in [6, 6.07) is 0. The van der Waals surface area contributed by atoms with Gasteiger partial charge in [0.15, 0.2) is 0 Å². The molecule has 1 atom stereocenters. The number of hydrogen-bond donors (Lipinski definition) is 3. The summed E-state index contributed by atoms with van der Waals surface area (Å²) in [5.74, 6) is -0.852. The second kappa shape index (κ2) is 7.97. The van der Waals surface area contributed by atoms with Gasteiger partial charge in [-0.05, 0) is 6.92 Å². The number of carboxylic acids is 1. The minimum absolute atomic E-state index is 0.125. The first-order chi connectivity index (χ1) is 5.42. The van der Waals surface area contributed by atoms with E-state index in [0.29, 0.717) is 5.33 Å². The topological polar surface area (TPSA) is 77.8 Å². The minimum Gasteiger partial charge on any atom is -0.480 e. The number of carbonyl (C=O) groups is 1. The van der Waals surface area contributed by atoms with Crippen molar-refractivity contribution in [3.8, 4) is 0 Å². The Bertz CT molecular complexity index is 125. The number of alkyl halides is 2. The van der Waals surface area contributed by atoms with Gasteiger partial charge in [-0.15, -0.1) is 0 Å². The van der Waals surface area contributed by atoms with E-state index in [0.717, 1.165) is 0 Å². The van der Waals surface area contributed by atoms with E-state index in [1.165, 1.54) is 0 Å². The number of aliphatic hydroxyl groups is 2. The zero-order valence-corrected chi connectivity index (χ0v) is 9.80. The molecule has 0 aromatic carbocycles. The molecule has 0 aliphatic carbocycles. The number of aliphatic carboxylic acids is 1. The summed E-state index contributed by atoms with van der Waals surface area (Å²) in [6.07, 6.45) is 0. The third kappa shape index (κ3) is 8.45. The molecule has 0 radical (unpaired) electrons. The molecule has 6 heteroatoms. The highest BCUT2D eigenvalue weighted by Crippen LogP contribution is 2.19. The van der Waals surface area contributed by atoms with Crippen LogP contribution < -0.4 is 0 Å². The fourth-order valence-corrected chi connectivity index (χ4v) is 0.297. The molecule has 3 N–H and O–H groups in total. The zero-order valence-electron chi connectivity index (χ0n) is 6.63. The minimum atomic E-state index is -0.852. The molecule has 0 amide bonds. The lowest BCUT2D eigenvalue weighted by Gasteiger charge is -2.10. The van der Waals surface area contributed by atoms with Crippen molar-refractivity contribution in [2.75, 3.05) is 18.5 Å². The first-order valence-corrected chi connectivity index (χ1v) is 5.03. The van der Waals surface area contributed by atoms with Crippen LogP contribution in [0.4, 0.5) is 0 Å². The van der Waals surface area contributed by atoms with Crippen LogP contribution in [0, 0.1) is 0 Å². The smallest absolute Gasteiger partial charge is 0.321 e. The van der Waals surface area contributed by atoms with Crippen LogP contribution in [0.1, 0.15) is 6.92 Å². The lowest BCUT2D eigenvalue weighted by Crippen LogP contribution is -2.29. The van der Waals surface area contributed by atoms with Gasteiger partial charge in [0.1, 0.15) is 4.32 Å². The molecule has 0 saturated heterocycles. The molecule has 4 nitrogen and oxygen atoms in total. The van der Waals surface area contributed by atoms with E-state index in [1.54, 1.807) is 6.92 Å². The van der Waals surface area contributed by atoms with E-state index in [4.69, 9.17) is 15.3 Å². The third-order valence-corrected chi connectivity index (χ3v) is 3.29. The molecule has 0 rings (SSSR count). The van der Waals surface area contributed by atoms with E-state index in [1.807, 2.05) is 0 Å². The largest absolute Gasteiger partial charge is 0.480 e. The highest BCUT2D eigenvalue weighted by Gasteiger charge is 2.27. The molecule has 74 valence electrons. The van der Waals surface area contributed by atoms with Crippen molar-refractivity contribution in [2.45, 2.75) is 11.2 Å². The summed E-state index contributed by atoms with van der Waals surface area (Å²) in [5, 5.41) is 24.0. The summed E-state index contributed by atoms with van der Waals surface area (Å²) in [7, 11) is 0. The van der Waals surface area contributed by atoms with Crippen LogP contribution in [-0.2, 0) is 4.79 Å². The number of rotatable bonds is 3. The summed E-state index contributed by atoms with van der Waals surface area (Å²) < 4.78 is -0.812. The van der Waals surface area contributed by atoms with E-state index in [2.05, 4.69) is 31.9 Å². The Labute approximate surface area is 87.8 Å². The number of aliphatic hydroxyl groups excluding tert-OH is 2. The number of carboxylic acid groups (broad SMARTS) is 1. The van der Waals surface area contributed by atoms with Crippen LogP contribution in [0.25, 0.3) is 0 Å².